The van der Waals surface area contributed by atoms with E-state index in [0.29, 0.717) is 0 Å². The molecule has 5 nitrogen and oxygen atoms in total. The highest BCUT2D eigenvalue weighted by Gasteiger charge is 2.24. The van der Waals surface area contributed by atoms with E-state index in [2.05, 4.69) is 53.5 Å². The molecule has 0 unspecified atom stereocenters. The number of anilines is 1. The second kappa shape index (κ2) is 6.39. The Morgan fingerprint density at radius 2 is 1.92 bits per heavy atom. The highest BCUT2D eigenvalue weighted by molar-refractivity contribution is 5.77. The fraction of sp³-hybridized carbons (Fsp3) is 0.400. The molecule has 1 aromatic carbocycles. The Morgan fingerprint density at radius 3 is 2.68 bits per heavy atom. The van der Waals surface area contributed by atoms with Crippen LogP contribution in [-0.2, 0) is 7.05 Å². The normalized spacial score (nSPS) is 15.7. The first-order valence-electron chi connectivity index (χ1n) is 8.87. The molecule has 5 heteroatoms. The van der Waals surface area contributed by atoms with Crippen LogP contribution in [0.4, 0.5) is 5.95 Å². The molecule has 0 bridgehead atoms. The summed E-state index contributed by atoms with van der Waals surface area (Å²) in [6, 6.07) is 8.42. The van der Waals surface area contributed by atoms with E-state index in [9.17, 15) is 0 Å². The Hall–Kier alpha value is -2.56. The summed E-state index contributed by atoms with van der Waals surface area (Å²) in [7, 11) is 2.07. The summed E-state index contributed by atoms with van der Waals surface area (Å²) in [4.78, 5) is 11.3. The first-order chi connectivity index (χ1) is 12.1. The van der Waals surface area contributed by atoms with Crippen molar-refractivity contribution in [2.75, 3.05) is 18.0 Å². The molecule has 4 rings (SSSR count). The highest BCUT2D eigenvalue weighted by atomic mass is 16.5. The first kappa shape index (κ1) is 15.9. The maximum absolute atomic E-state index is 6.28. The average molecular weight is 336 g/mol. The van der Waals surface area contributed by atoms with Crippen molar-refractivity contribution in [1.82, 2.24) is 14.5 Å². The van der Waals surface area contributed by atoms with E-state index in [4.69, 9.17) is 9.72 Å². The highest BCUT2D eigenvalue weighted by Crippen LogP contribution is 2.27. The minimum absolute atomic E-state index is 0.271. The number of imidazole rings is 1. The predicted molar refractivity (Wildman–Crippen MR) is 100 cm³/mol. The largest absolute Gasteiger partial charge is 0.490 e. The molecule has 0 atom stereocenters. The van der Waals surface area contributed by atoms with Crippen LogP contribution in [0.2, 0.25) is 0 Å². The van der Waals surface area contributed by atoms with Gasteiger partial charge in [0.05, 0.1) is 11.7 Å². The third-order valence-corrected chi connectivity index (χ3v) is 5.02. The molecule has 3 heterocycles. The van der Waals surface area contributed by atoms with Crippen molar-refractivity contribution in [2.45, 2.75) is 32.8 Å². The molecule has 0 saturated carbocycles. The van der Waals surface area contributed by atoms with E-state index in [1.807, 2.05) is 18.5 Å². The number of rotatable bonds is 3. The quantitative estimate of drug-likeness (QED) is 0.732. The Morgan fingerprint density at radius 1 is 1.12 bits per heavy atom. The van der Waals surface area contributed by atoms with Crippen LogP contribution in [0.25, 0.3) is 11.0 Å². The third-order valence-electron chi connectivity index (χ3n) is 5.02. The van der Waals surface area contributed by atoms with Crippen LogP contribution in [0.15, 0.2) is 36.7 Å². The van der Waals surface area contributed by atoms with Gasteiger partial charge in [0.2, 0.25) is 5.95 Å². The lowest BCUT2D eigenvalue weighted by atomic mass is 10.1. The van der Waals surface area contributed by atoms with E-state index in [0.717, 1.165) is 48.7 Å². The van der Waals surface area contributed by atoms with Gasteiger partial charge in [0.25, 0.3) is 0 Å². The van der Waals surface area contributed by atoms with E-state index in [1.165, 1.54) is 11.1 Å². The monoisotopic (exact) mass is 336 g/mol. The van der Waals surface area contributed by atoms with E-state index in [1.54, 1.807) is 0 Å². The zero-order valence-electron chi connectivity index (χ0n) is 15.1. The molecular weight excluding hydrogens is 312 g/mol. The zero-order valence-corrected chi connectivity index (χ0v) is 15.1. The number of ether oxygens (including phenoxy) is 1. The van der Waals surface area contributed by atoms with Crippen LogP contribution in [-0.4, -0.2) is 33.7 Å². The lowest BCUT2D eigenvalue weighted by molar-refractivity contribution is 0.169. The fourth-order valence-corrected chi connectivity index (χ4v) is 3.51. The summed E-state index contributed by atoms with van der Waals surface area (Å²) < 4.78 is 8.43. The number of hydrogen-bond donors (Lipinski definition) is 0. The van der Waals surface area contributed by atoms with Gasteiger partial charge in [0.1, 0.15) is 17.4 Å². The van der Waals surface area contributed by atoms with Crippen LogP contribution in [0.3, 0.4) is 0 Å². The number of hydrogen-bond acceptors (Lipinski definition) is 4. The number of nitrogens with zero attached hydrogens (tertiary/aromatic N) is 4. The third kappa shape index (κ3) is 3.06. The molecule has 1 aliphatic heterocycles. The van der Waals surface area contributed by atoms with Gasteiger partial charge in [-0.1, -0.05) is 12.1 Å². The summed E-state index contributed by atoms with van der Waals surface area (Å²) >= 11 is 0. The predicted octanol–water partition coefficient (Wildman–Crippen LogP) is 3.63. The number of aromatic nitrogens is 3. The molecule has 0 N–H and O–H groups in total. The van der Waals surface area contributed by atoms with Crippen LogP contribution in [0.5, 0.6) is 5.75 Å². The smallest absolute Gasteiger partial charge is 0.206 e. The van der Waals surface area contributed by atoms with Crippen molar-refractivity contribution in [2.24, 2.45) is 7.05 Å². The van der Waals surface area contributed by atoms with Crippen molar-refractivity contribution in [3.8, 4) is 5.75 Å². The molecule has 0 radical (unpaired) electrons. The summed E-state index contributed by atoms with van der Waals surface area (Å²) in [6.07, 6.45) is 5.94. The Balaban J connectivity index is 1.46. The first-order valence-corrected chi connectivity index (χ1v) is 8.87. The SMILES string of the molecule is Cc1ccc(C)c(OC2CCN(c3nc4cnccc4n3C)CC2)c1. The summed E-state index contributed by atoms with van der Waals surface area (Å²) in [5.41, 5.74) is 4.52. The number of piperidine rings is 1. The topological polar surface area (TPSA) is 43.2 Å². The van der Waals surface area contributed by atoms with Crippen LogP contribution in [0, 0.1) is 13.8 Å². The van der Waals surface area contributed by atoms with Crippen molar-refractivity contribution in [3.63, 3.8) is 0 Å². The number of benzene rings is 1. The minimum atomic E-state index is 0.271. The summed E-state index contributed by atoms with van der Waals surface area (Å²) in [5, 5.41) is 0. The van der Waals surface area contributed by atoms with Gasteiger partial charge in [-0.3, -0.25) is 4.98 Å². The van der Waals surface area contributed by atoms with Crippen LogP contribution in [0.1, 0.15) is 24.0 Å². The molecule has 0 amide bonds. The second-order valence-corrected chi connectivity index (χ2v) is 6.91. The molecule has 1 fully saturated rings. The lowest BCUT2D eigenvalue weighted by Crippen LogP contribution is -2.39. The molecule has 130 valence electrons. The Kier molecular flexibility index (Phi) is 4.07. The Bertz CT molecular complexity index is 894. The molecule has 0 aliphatic carbocycles. The van der Waals surface area contributed by atoms with Crippen molar-refractivity contribution in [3.05, 3.63) is 47.8 Å². The standard InChI is InChI=1S/C20H24N4O/c1-14-4-5-15(2)19(12-14)25-16-7-10-24(11-8-16)20-22-17-13-21-9-6-18(17)23(20)3/h4-6,9,12-13,16H,7-8,10-11H2,1-3H3. The molecule has 25 heavy (non-hydrogen) atoms. The summed E-state index contributed by atoms with van der Waals surface area (Å²) in [6.45, 7) is 6.13. The number of pyridine rings is 1. The maximum Gasteiger partial charge on any atom is 0.206 e. The van der Waals surface area contributed by atoms with Gasteiger partial charge in [-0.2, -0.15) is 0 Å². The lowest BCUT2D eigenvalue weighted by Gasteiger charge is -2.33. The molecule has 3 aromatic rings. The van der Waals surface area contributed by atoms with Gasteiger partial charge >= 0.3 is 0 Å². The van der Waals surface area contributed by atoms with Gasteiger partial charge in [-0.15, -0.1) is 0 Å². The maximum atomic E-state index is 6.28. The summed E-state index contributed by atoms with van der Waals surface area (Å²) in [5.74, 6) is 2.04. The molecule has 2 aromatic heterocycles. The molecular formula is C20H24N4O. The van der Waals surface area contributed by atoms with Gasteiger partial charge in [-0.25, -0.2) is 4.98 Å². The average Bonchev–Trinajstić information content (AvgIpc) is 2.96. The zero-order chi connectivity index (χ0) is 17.4. The molecule has 1 saturated heterocycles. The van der Waals surface area contributed by atoms with Gasteiger partial charge < -0.3 is 14.2 Å². The molecule has 1 aliphatic rings. The number of aryl methyl sites for hydroxylation is 3. The Labute approximate surface area is 148 Å². The van der Waals surface area contributed by atoms with Crippen molar-refractivity contribution in [1.29, 1.82) is 0 Å². The van der Waals surface area contributed by atoms with E-state index in [-0.39, 0.29) is 6.10 Å². The van der Waals surface area contributed by atoms with Crippen molar-refractivity contribution < 1.29 is 4.74 Å². The van der Waals surface area contributed by atoms with Gasteiger partial charge in [-0.05, 0) is 37.1 Å². The van der Waals surface area contributed by atoms with Crippen LogP contribution < -0.4 is 9.64 Å². The van der Waals surface area contributed by atoms with Crippen LogP contribution >= 0.6 is 0 Å². The van der Waals surface area contributed by atoms with Gasteiger partial charge in [0.15, 0.2) is 0 Å². The van der Waals surface area contributed by atoms with E-state index < -0.39 is 0 Å². The number of fused-ring (bicyclic) bond motifs is 1. The minimum Gasteiger partial charge on any atom is -0.490 e. The van der Waals surface area contributed by atoms with E-state index >= 15 is 0 Å². The van der Waals surface area contributed by atoms with Gasteiger partial charge in [0, 0.05) is 39.2 Å². The molecule has 0 spiro atoms. The fourth-order valence-electron chi connectivity index (χ4n) is 3.51. The van der Waals surface area contributed by atoms with Crippen molar-refractivity contribution >= 4 is 17.0 Å². The second-order valence-electron chi connectivity index (χ2n) is 6.91.